The van der Waals surface area contributed by atoms with Crippen LogP contribution in [0.2, 0.25) is 0 Å². The summed E-state index contributed by atoms with van der Waals surface area (Å²) in [4.78, 5) is 12.5. The van der Waals surface area contributed by atoms with Crippen LogP contribution in [0.25, 0.3) is 11.1 Å². The highest BCUT2D eigenvalue weighted by atomic mass is 16.5. The highest BCUT2D eigenvalue weighted by molar-refractivity contribution is 5.91. The van der Waals surface area contributed by atoms with Crippen LogP contribution in [0.5, 0.6) is 11.5 Å². The summed E-state index contributed by atoms with van der Waals surface area (Å²) in [5, 5.41) is 8.87. The fourth-order valence-electron chi connectivity index (χ4n) is 3.44. The topological polar surface area (TPSA) is 59.3 Å². The number of hydrogen-bond acceptors (Lipinski definition) is 4. The lowest BCUT2D eigenvalue weighted by Gasteiger charge is -2.16. The molecule has 0 fully saturated rings. The third-order valence-electron chi connectivity index (χ3n) is 5.51. The number of rotatable bonds is 10. The summed E-state index contributed by atoms with van der Waals surface area (Å²) in [6.07, 6.45) is 5.28. The zero-order valence-electron chi connectivity index (χ0n) is 19.2. The molecule has 3 rings (SSSR count). The predicted octanol–water partition coefficient (Wildman–Crippen LogP) is 7.30. The Morgan fingerprint density at radius 2 is 1.73 bits per heavy atom. The summed E-state index contributed by atoms with van der Waals surface area (Å²) in [5.41, 5.74) is 4.12. The van der Waals surface area contributed by atoms with Crippen molar-refractivity contribution in [2.45, 2.75) is 39.0 Å². The molecular formula is C29H29NO3. The number of hydrogen-bond donors (Lipinski definition) is 0. The van der Waals surface area contributed by atoms with Crippen molar-refractivity contribution >= 4 is 5.97 Å². The van der Waals surface area contributed by atoms with Gasteiger partial charge in [0.15, 0.2) is 0 Å². The molecule has 0 radical (unpaired) electrons. The highest BCUT2D eigenvalue weighted by Gasteiger charge is 2.13. The number of benzene rings is 3. The van der Waals surface area contributed by atoms with Crippen LogP contribution < -0.4 is 9.47 Å². The van der Waals surface area contributed by atoms with Crippen LogP contribution in [0.4, 0.5) is 0 Å². The van der Waals surface area contributed by atoms with Gasteiger partial charge in [0.05, 0.1) is 23.8 Å². The lowest BCUT2D eigenvalue weighted by atomic mass is 9.95. The van der Waals surface area contributed by atoms with E-state index in [1.54, 1.807) is 36.4 Å². The molecule has 0 bridgehead atoms. The Morgan fingerprint density at radius 1 is 1.03 bits per heavy atom. The van der Waals surface area contributed by atoms with Crippen molar-refractivity contribution < 1.29 is 14.3 Å². The highest BCUT2D eigenvalue weighted by Crippen LogP contribution is 2.33. The fraction of sp³-hybridized carbons (Fsp3) is 0.241. The smallest absolute Gasteiger partial charge is 0.343 e. The fourth-order valence-corrected chi connectivity index (χ4v) is 3.44. The summed E-state index contributed by atoms with van der Waals surface area (Å²) in [6.45, 7) is 8.93. The Bertz CT molecular complexity index is 1130. The molecule has 0 saturated carbocycles. The third-order valence-corrected chi connectivity index (χ3v) is 5.51. The largest absolute Gasteiger partial charge is 0.493 e. The van der Waals surface area contributed by atoms with E-state index in [0.717, 1.165) is 41.7 Å². The first-order chi connectivity index (χ1) is 16.0. The monoisotopic (exact) mass is 439 g/mol. The van der Waals surface area contributed by atoms with Gasteiger partial charge in [0.2, 0.25) is 0 Å². The van der Waals surface area contributed by atoms with Gasteiger partial charge in [-0.3, -0.25) is 0 Å². The minimum Gasteiger partial charge on any atom is -0.493 e. The third kappa shape index (κ3) is 6.33. The predicted molar refractivity (Wildman–Crippen MR) is 132 cm³/mol. The summed E-state index contributed by atoms with van der Waals surface area (Å²) in [5.74, 6) is 1.02. The first kappa shape index (κ1) is 23.8. The van der Waals surface area contributed by atoms with Gasteiger partial charge in [0.1, 0.15) is 11.5 Å². The van der Waals surface area contributed by atoms with Crippen molar-refractivity contribution in [3.63, 3.8) is 0 Å². The van der Waals surface area contributed by atoms with Gasteiger partial charge in [-0.2, -0.15) is 5.26 Å². The maximum atomic E-state index is 12.5. The normalized spacial score (nSPS) is 11.3. The van der Waals surface area contributed by atoms with Crippen LogP contribution in [0.1, 0.15) is 60.5 Å². The number of nitriles is 1. The minimum absolute atomic E-state index is 0.160. The quantitative estimate of drug-likeness (QED) is 0.144. The zero-order valence-corrected chi connectivity index (χ0v) is 19.2. The van der Waals surface area contributed by atoms with E-state index in [0.29, 0.717) is 23.5 Å². The molecule has 0 aromatic heterocycles. The molecule has 0 saturated heterocycles. The van der Waals surface area contributed by atoms with Gasteiger partial charge in [0, 0.05) is 11.5 Å². The van der Waals surface area contributed by atoms with Crippen LogP contribution >= 0.6 is 0 Å². The van der Waals surface area contributed by atoms with E-state index in [-0.39, 0.29) is 5.92 Å². The van der Waals surface area contributed by atoms with E-state index < -0.39 is 5.97 Å². The van der Waals surface area contributed by atoms with Crippen LogP contribution in [-0.4, -0.2) is 12.6 Å². The van der Waals surface area contributed by atoms with Crippen molar-refractivity contribution in [3.8, 4) is 28.7 Å². The van der Waals surface area contributed by atoms with E-state index in [1.807, 2.05) is 36.4 Å². The summed E-state index contributed by atoms with van der Waals surface area (Å²) >= 11 is 0. The SMILES string of the molecule is C=CC(C)c1cc(-c2ccc(C(=O)Oc3ccc(C#N)cc3)cc2)ccc1OCCCCC. The van der Waals surface area contributed by atoms with E-state index in [9.17, 15) is 4.79 Å². The van der Waals surface area contributed by atoms with Gasteiger partial charge in [-0.15, -0.1) is 6.58 Å². The molecule has 4 nitrogen and oxygen atoms in total. The van der Waals surface area contributed by atoms with E-state index in [2.05, 4.69) is 26.5 Å². The Balaban J connectivity index is 1.75. The van der Waals surface area contributed by atoms with Gasteiger partial charge in [-0.05, 0) is 66.1 Å². The Hall–Kier alpha value is -3.84. The first-order valence-electron chi connectivity index (χ1n) is 11.3. The molecule has 0 spiro atoms. The maximum absolute atomic E-state index is 12.5. The Labute approximate surface area is 196 Å². The van der Waals surface area contributed by atoms with E-state index in [1.165, 1.54) is 0 Å². The molecule has 4 heteroatoms. The Kier molecular flexibility index (Phi) is 8.43. The molecule has 0 aliphatic heterocycles. The van der Waals surface area contributed by atoms with Crippen molar-refractivity contribution in [3.05, 3.63) is 96.1 Å². The van der Waals surface area contributed by atoms with Crippen molar-refractivity contribution in [1.29, 1.82) is 5.26 Å². The second-order valence-electron chi connectivity index (χ2n) is 7.94. The molecule has 168 valence electrons. The van der Waals surface area contributed by atoms with Crippen LogP contribution in [0, 0.1) is 11.3 Å². The average molecular weight is 440 g/mol. The lowest BCUT2D eigenvalue weighted by Crippen LogP contribution is -2.08. The Morgan fingerprint density at radius 3 is 2.36 bits per heavy atom. The van der Waals surface area contributed by atoms with Crippen LogP contribution in [-0.2, 0) is 0 Å². The number of carbonyl (C=O) groups is 1. The molecule has 0 N–H and O–H groups in total. The zero-order chi connectivity index (χ0) is 23.6. The van der Waals surface area contributed by atoms with Crippen LogP contribution in [0.3, 0.4) is 0 Å². The van der Waals surface area contributed by atoms with Crippen molar-refractivity contribution in [1.82, 2.24) is 0 Å². The molecule has 0 amide bonds. The average Bonchev–Trinajstić information content (AvgIpc) is 2.86. The van der Waals surface area contributed by atoms with Gasteiger partial charge in [0.25, 0.3) is 0 Å². The number of carbonyl (C=O) groups excluding carboxylic acids is 1. The number of esters is 1. The van der Waals surface area contributed by atoms with E-state index in [4.69, 9.17) is 14.7 Å². The summed E-state index contributed by atoms with van der Waals surface area (Å²) in [7, 11) is 0. The maximum Gasteiger partial charge on any atom is 0.343 e. The van der Waals surface area contributed by atoms with E-state index >= 15 is 0 Å². The van der Waals surface area contributed by atoms with Gasteiger partial charge >= 0.3 is 5.97 Å². The molecule has 33 heavy (non-hydrogen) atoms. The number of allylic oxidation sites excluding steroid dienone is 1. The molecule has 3 aromatic carbocycles. The van der Waals surface area contributed by atoms with Crippen molar-refractivity contribution in [2.75, 3.05) is 6.61 Å². The van der Waals surface area contributed by atoms with Gasteiger partial charge < -0.3 is 9.47 Å². The second kappa shape index (κ2) is 11.7. The molecule has 3 aromatic rings. The lowest BCUT2D eigenvalue weighted by molar-refractivity contribution is 0.0735. The second-order valence-corrected chi connectivity index (χ2v) is 7.94. The number of unbranched alkanes of at least 4 members (excludes halogenated alkanes) is 2. The summed E-state index contributed by atoms with van der Waals surface area (Å²) < 4.78 is 11.5. The van der Waals surface area contributed by atoms with Crippen LogP contribution in [0.15, 0.2) is 79.4 Å². The van der Waals surface area contributed by atoms with Crippen molar-refractivity contribution in [2.24, 2.45) is 0 Å². The standard InChI is InChI=1S/C29H29NO3/c1-4-6-7-18-32-28-17-14-25(19-27(28)21(3)5-2)23-10-12-24(13-11-23)29(31)33-26-15-8-22(20-30)9-16-26/h5,8-17,19,21H,2,4,6-7,18H2,1,3H3. The van der Waals surface area contributed by atoms with Gasteiger partial charge in [-0.1, -0.05) is 51.0 Å². The molecular weight excluding hydrogens is 410 g/mol. The number of ether oxygens (including phenoxy) is 2. The first-order valence-corrected chi connectivity index (χ1v) is 11.3. The molecule has 0 aliphatic rings. The molecule has 1 atom stereocenters. The summed E-state index contributed by atoms with van der Waals surface area (Å²) in [6, 6.07) is 22.0. The molecule has 0 aliphatic carbocycles. The number of nitrogens with zero attached hydrogens (tertiary/aromatic N) is 1. The van der Waals surface area contributed by atoms with Gasteiger partial charge in [-0.25, -0.2) is 4.79 Å². The minimum atomic E-state index is -0.442. The molecule has 1 unspecified atom stereocenters. The molecule has 0 heterocycles.